The standard InChI is InChI=1S/C23H33N5O6/c1-12(2)8-18(23(33)34)27-19(30)11-26-21(31)17(28-22(32)20(24)13(3)29)9-14-10-25-16-7-5-4-6-15(14)16/h4-7,10,12-13,17-18,20,25,29H,8-9,11,24H2,1-3H3,(H,26,31)(H,27,30)(H,28,32)(H,33,34). The van der Waals surface area contributed by atoms with Crippen molar-refractivity contribution in [3.8, 4) is 0 Å². The fraction of sp³-hybridized carbons (Fsp3) is 0.478. The maximum Gasteiger partial charge on any atom is 0.326 e. The summed E-state index contributed by atoms with van der Waals surface area (Å²) >= 11 is 0. The number of amides is 3. The normalized spacial score (nSPS) is 14.8. The van der Waals surface area contributed by atoms with Crippen LogP contribution >= 0.6 is 0 Å². The number of hydrogen-bond acceptors (Lipinski definition) is 6. The first kappa shape index (κ1) is 26.8. The average molecular weight is 476 g/mol. The number of hydrogen-bond donors (Lipinski definition) is 7. The lowest BCUT2D eigenvalue weighted by atomic mass is 10.0. The highest BCUT2D eigenvalue weighted by atomic mass is 16.4. The third kappa shape index (κ3) is 7.56. The van der Waals surface area contributed by atoms with Crippen molar-refractivity contribution in [1.82, 2.24) is 20.9 Å². The van der Waals surface area contributed by atoms with Gasteiger partial charge < -0.3 is 36.9 Å². The molecule has 0 radical (unpaired) electrons. The first-order valence-electron chi connectivity index (χ1n) is 11.1. The highest BCUT2D eigenvalue weighted by Gasteiger charge is 2.28. The molecule has 2 rings (SSSR count). The summed E-state index contributed by atoms with van der Waals surface area (Å²) in [5, 5.41) is 27.1. The first-order chi connectivity index (χ1) is 16.0. The van der Waals surface area contributed by atoms with Crippen molar-refractivity contribution in [2.45, 2.75) is 57.8 Å². The summed E-state index contributed by atoms with van der Waals surface area (Å²) in [4.78, 5) is 52.0. The quantitative estimate of drug-likeness (QED) is 0.218. The molecule has 0 bridgehead atoms. The molecule has 0 spiro atoms. The molecule has 0 saturated carbocycles. The van der Waals surface area contributed by atoms with Gasteiger partial charge in [0, 0.05) is 23.5 Å². The molecular formula is C23H33N5O6. The fourth-order valence-corrected chi connectivity index (χ4v) is 3.45. The highest BCUT2D eigenvalue weighted by molar-refractivity contribution is 5.93. The Morgan fingerprint density at radius 1 is 1.03 bits per heavy atom. The summed E-state index contributed by atoms with van der Waals surface area (Å²) in [6.45, 7) is 4.56. The molecule has 1 heterocycles. The molecular weight excluding hydrogens is 442 g/mol. The van der Waals surface area contributed by atoms with E-state index in [0.29, 0.717) is 0 Å². The van der Waals surface area contributed by atoms with Crippen LogP contribution in [0.25, 0.3) is 10.9 Å². The topological polar surface area (TPSA) is 187 Å². The number of nitrogens with two attached hydrogens (primary N) is 1. The number of aromatic nitrogens is 1. The molecule has 11 heteroatoms. The molecule has 0 fully saturated rings. The Hall–Kier alpha value is -3.44. The minimum absolute atomic E-state index is 0.0462. The SMILES string of the molecule is CC(C)CC(NC(=O)CNC(=O)C(Cc1c[nH]c2ccccc12)NC(=O)C(N)C(C)O)C(=O)O. The Bertz CT molecular complexity index is 1020. The van der Waals surface area contributed by atoms with E-state index >= 15 is 0 Å². The van der Waals surface area contributed by atoms with Crippen LogP contribution < -0.4 is 21.7 Å². The Morgan fingerprint density at radius 3 is 2.32 bits per heavy atom. The van der Waals surface area contributed by atoms with E-state index in [1.807, 2.05) is 38.1 Å². The summed E-state index contributed by atoms with van der Waals surface area (Å²) in [5.41, 5.74) is 7.31. The molecule has 11 nitrogen and oxygen atoms in total. The van der Waals surface area contributed by atoms with E-state index in [2.05, 4.69) is 20.9 Å². The van der Waals surface area contributed by atoms with E-state index in [9.17, 15) is 29.4 Å². The monoisotopic (exact) mass is 475 g/mol. The fourth-order valence-electron chi connectivity index (χ4n) is 3.45. The first-order valence-corrected chi connectivity index (χ1v) is 11.1. The van der Waals surface area contributed by atoms with Crippen LogP contribution in [0.1, 0.15) is 32.8 Å². The highest BCUT2D eigenvalue weighted by Crippen LogP contribution is 2.19. The molecule has 1 aromatic heterocycles. The van der Waals surface area contributed by atoms with Gasteiger partial charge in [-0.3, -0.25) is 14.4 Å². The number of aliphatic hydroxyl groups is 1. The van der Waals surface area contributed by atoms with Gasteiger partial charge in [-0.05, 0) is 30.9 Å². The van der Waals surface area contributed by atoms with Crippen molar-refractivity contribution in [2.75, 3.05) is 6.54 Å². The van der Waals surface area contributed by atoms with Crippen molar-refractivity contribution < 1.29 is 29.4 Å². The van der Waals surface area contributed by atoms with Crippen LogP contribution in [0.4, 0.5) is 0 Å². The van der Waals surface area contributed by atoms with E-state index in [-0.39, 0.29) is 18.8 Å². The molecule has 0 aliphatic rings. The number of fused-ring (bicyclic) bond motifs is 1. The third-order valence-corrected chi connectivity index (χ3v) is 5.32. The second-order valence-corrected chi connectivity index (χ2v) is 8.70. The van der Waals surface area contributed by atoms with E-state index in [0.717, 1.165) is 16.5 Å². The van der Waals surface area contributed by atoms with Gasteiger partial charge in [-0.15, -0.1) is 0 Å². The summed E-state index contributed by atoms with van der Waals surface area (Å²) < 4.78 is 0. The molecule has 0 aliphatic carbocycles. The number of aliphatic carboxylic acids is 1. The average Bonchev–Trinajstić information content (AvgIpc) is 3.18. The van der Waals surface area contributed by atoms with Crippen LogP contribution in [0.2, 0.25) is 0 Å². The largest absolute Gasteiger partial charge is 0.480 e. The summed E-state index contributed by atoms with van der Waals surface area (Å²) in [5.74, 6) is -3.15. The molecule has 3 amide bonds. The predicted octanol–water partition coefficient (Wildman–Crippen LogP) is -0.365. The number of carbonyl (C=O) groups excluding carboxylic acids is 3. The van der Waals surface area contributed by atoms with Crippen LogP contribution in [0.15, 0.2) is 30.5 Å². The molecule has 4 unspecified atom stereocenters. The van der Waals surface area contributed by atoms with Crippen molar-refractivity contribution in [3.05, 3.63) is 36.0 Å². The number of aliphatic hydroxyl groups excluding tert-OH is 1. The second kappa shape index (κ2) is 12.1. The number of benzene rings is 1. The lowest BCUT2D eigenvalue weighted by molar-refractivity contribution is -0.142. The summed E-state index contributed by atoms with van der Waals surface area (Å²) in [6, 6.07) is 4.04. The maximum absolute atomic E-state index is 12.9. The molecule has 4 atom stereocenters. The van der Waals surface area contributed by atoms with Crippen LogP contribution in [0.3, 0.4) is 0 Å². The third-order valence-electron chi connectivity index (χ3n) is 5.32. The van der Waals surface area contributed by atoms with E-state index < -0.39 is 54.5 Å². The van der Waals surface area contributed by atoms with E-state index in [1.54, 1.807) is 6.20 Å². The van der Waals surface area contributed by atoms with Gasteiger partial charge in [0.2, 0.25) is 17.7 Å². The lowest BCUT2D eigenvalue weighted by Gasteiger charge is -2.22. The van der Waals surface area contributed by atoms with Gasteiger partial charge in [0.1, 0.15) is 18.1 Å². The van der Waals surface area contributed by atoms with Crippen molar-refractivity contribution in [1.29, 1.82) is 0 Å². The van der Waals surface area contributed by atoms with Crippen LogP contribution in [-0.4, -0.2) is 69.7 Å². The van der Waals surface area contributed by atoms with Gasteiger partial charge >= 0.3 is 5.97 Å². The predicted molar refractivity (Wildman–Crippen MR) is 126 cm³/mol. The number of nitrogens with one attached hydrogen (secondary N) is 4. The zero-order valence-electron chi connectivity index (χ0n) is 19.5. The van der Waals surface area contributed by atoms with Crippen LogP contribution in [0.5, 0.6) is 0 Å². The minimum atomic E-state index is -1.24. The van der Waals surface area contributed by atoms with Gasteiger partial charge in [0.05, 0.1) is 12.6 Å². The van der Waals surface area contributed by atoms with Crippen LogP contribution in [-0.2, 0) is 25.6 Å². The van der Waals surface area contributed by atoms with Crippen LogP contribution in [0, 0.1) is 5.92 Å². The van der Waals surface area contributed by atoms with Crippen molar-refractivity contribution in [3.63, 3.8) is 0 Å². The van der Waals surface area contributed by atoms with Gasteiger partial charge in [0.15, 0.2) is 0 Å². The molecule has 34 heavy (non-hydrogen) atoms. The number of para-hydroxylation sites is 1. The van der Waals surface area contributed by atoms with Crippen molar-refractivity contribution >= 4 is 34.6 Å². The lowest BCUT2D eigenvalue weighted by Crippen LogP contribution is -2.56. The molecule has 0 aliphatic heterocycles. The maximum atomic E-state index is 12.9. The Labute approximate surface area is 197 Å². The zero-order valence-corrected chi connectivity index (χ0v) is 19.5. The Balaban J connectivity index is 2.11. The molecule has 8 N–H and O–H groups in total. The smallest absolute Gasteiger partial charge is 0.326 e. The van der Waals surface area contributed by atoms with Gasteiger partial charge in [-0.1, -0.05) is 32.0 Å². The number of carboxylic acid groups (broad SMARTS) is 1. The number of rotatable bonds is 12. The summed E-state index contributed by atoms with van der Waals surface area (Å²) in [7, 11) is 0. The van der Waals surface area contributed by atoms with E-state index in [1.165, 1.54) is 6.92 Å². The number of aromatic amines is 1. The second-order valence-electron chi connectivity index (χ2n) is 8.70. The summed E-state index contributed by atoms with van der Waals surface area (Å²) in [6.07, 6.45) is 0.935. The molecule has 186 valence electrons. The van der Waals surface area contributed by atoms with Gasteiger partial charge in [-0.2, -0.15) is 0 Å². The number of carboxylic acids is 1. The van der Waals surface area contributed by atoms with Crippen molar-refractivity contribution in [2.24, 2.45) is 11.7 Å². The molecule has 1 aromatic carbocycles. The van der Waals surface area contributed by atoms with Gasteiger partial charge in [-0.25, -0.2) is 4.79 Å². The Kier molecular flexibility index (Phi) is 9.58. The molecule has 2 aromatic rings. The molecule has 0 saturated heterocycles. The van der Waals surface area contributed by atoms with Gasteiger partial charge in [0.25, 0.3) is 0 Å². The zero-order chi connectivity index (χ0) is 25.4. The minimum Gasteiger partial charge on any atom is -0.480 e. The number of H-pyrrole nitrogens is 1. The van der Waals surface area contributed by atoms with E-state index in [4.69, 9.17) is 5.73 Å². The number of carbonyl (C=O) groups is 4. The Morgan fingerprint density at radius 2 is 1.71 bits per heavy atom.